The number of carboxylic acid groups (broad SMARTS) is 1. The fourth-order valence-corrected chi connectivity index (χ4v) is 0. The van der Waals surface area contributed by atoms with Crippen molar-refractivity contribution in [2.24, 2.45) is 0 Å². The Kier molecular flexibility index (Phi) is 9.17. The monoisotopic (exact) mass is 212 g/mol. The molecule has 0 aromatic rings. The number of hydrogen-bond donors (Lipinski definition) is 2. The molecule has 0 rings (SSSR count). The summed E-state index contributed by atoms with van der Waals surface area (Å²) in [5.41, 5.74) is 0. The maximum Gasteiger partial charge on any atom is 0.313 e. The van der Waals surface area contributed by atoms with E-state index in [-0.39, 0.29) is 29.7 Å². The van der Waals surface area contributed by atoms with E-state index in [0.29, 0.717) is 0 Å². The van der Waals surface area contributed by atoms with Crippen LogP contribution in [0.2, 0.25) is 0 Å². The van der Waals surface area contributed by atoms with Crippen LogP contribution in [0.5, 0.6) is 0 Å². The van der Waals surface area contributed by atoms with Gasteiger partial charge in [0, 0.05) is 23.9 Å². The predicted octanol–water partition coefficient (Wildman–Crippen LogP) is -0.380. The van der Waals surface area contributed by atoms with Crippen LogP contribution in [0.4, 0.5) is 0 Å². The Hall–Kier alpha value is 0.619. The molecule has 1 N–H and O–H groups in total. The molecule has 2 nitrogen and oxygen atoms in total. The minimum absolute atomic E-state index is 0. The van der Waals surface area contributed by atoms with Gasteiger partial charge < -0.3 is 5.11 Å². The second kappa shape index (κ2) is 5.62. The van der Waals surface area contributed by atoms with Crippen LogP contribution in [0.25, 0.3) is 0 Å². The number of rotatable bonds is 1. The van der Waals surface area contributed by atoms with Crippen LogP contribution in [0.15, 0.2) is 0 Å². The Balaban J connectivity index is 0. The van der Waals surface area contributed by atoms with Gasteiger partial charge in [0.15, 0.2) is 0 Å². The van der Waals surface area contributed by atoms with Crippen LogP contribution in [-0.2, 0) is 4.79 Å². The molecule has 4 radical (unpaired) electrons. The molecule has 0 unspecified atom stereocenters. The Morgan fingerprint density at radius 2 is 2.00 bits per heavy atom. The molecule has 0 heterocycles. The molecule has 0 bridgehead atoms. The summed E-state index contributed by atoms with van der Waals surface area (Å²) in [6, 6.07) is 0. The largest absolute Gasteiger partial charge is 0.481 e. The van der Waals surface area contributed by atoms with Crippen molar-refractivity contribution in [2.75, 3.05) is 5.75 Å². The molecule has 6 heavy (non-hydrogen) atoms. The Morgan fingerprint density at radius 3 is 2.00 bits per heavy atom. The second-order valence-electron chi connectivity index (χ2n) is 0.552. The summed E-state index contributed by atoms with van der Waals surface area (Å²) in [4.78, 5) is 9.29. The first-order chi connectivity index (χ1) is 2.27. The van der Waals surface area contributed by atoms with Crippen molar-refractivity contribution in [3.05, 3.63) is 0 Å². The Bertz CT molecular complexity index is 46.8. The van der Waals surface area contributed by atoms with Gasteiger partial charge in [0.1, 0.15) is 0 Å². The van der Waals surface area contributed by atoms with E-state index in [0.717, 1.165) is 0 Å². The van der Waals surface area contributed by atoms with E-state index in [1.165, 1.54) is 0 Å². The summed E-state index contributed by atoms with van der Waals surface area (Å²) >= 11 is 3.42. The minimum Gasteiger partial charge on any atom is -0.481 e. The van der Waals surface area contributed by atoms with E-state index < -0.39 is 5.97 Å². The molecule has 0 saturated heterocycles. The maximum atomic E-state index is 9.29. The predicted molar refractivity (Wildman–Crippen MR) is 27.2 cm³/mol. The van der Waals surface area contributed by atoms with Crippen molar-refractivity contribution in [3.63, 3.8) is 0 Å². The normalized spacial score (nSPS) is 6.17. The first-order valence-corrected chi connectivity index (χ1v) is 1.73. The molecule has 34 valence electrons. The second-order valence-corrected chi connectivity index (χ2v) is 0.868. The number of hydrogen-bond acceptors (Lipinski definition) is 2. The van der Waals surface area contributed by atoms with Crippen LogP contribution in [0.3, 0.4) is 0 Å². The van der Waals surface area contributed by atoms with Gasteiger partial charge in [0.25, 0.3) is 0 Å². The van der Waals surface area contributed by atoms with Gasteiger partial charge in [-0.05, 0) is 0 Å². The molecule has 0 aliphatic carbocycles. The smallest absolute Gasteiger partial charge is 0.313 e. The van der Waals surface area contributed by atoms with Crippen LogP contribution in [0, 0.1) is 0 Å². The zero-order valence-corrected chi connectivity index (χ0v) is 6.76. The third-order valence-corrected chi connectivity index (χ3v) is 0.406. The van der Waals surface area contributed by atoms with E-state index in [9.17, 15) is 4.79 Å². The van der Waals surface area contributed by atoms with Gasteiger partial charge in [-0.3, -0.25) is 4.79 Å². The van der Waals surface area contributed by atoms with Gasteiger partial charge in [0.2, 0.25) is 0 Å². The molecule has 0 aromatic heterocycles. The van der Waals surface area contributed by atoms with E-state index in [1.807, 2.05) is 0 Å². The molecule has 0 aromatic carbocycles. The van der Waals surface area contributed by atoms with E-state index >= 15 is 0 Å². The van der Waals surface area contributed by atoms with Crippen molar-refractivity contribution in [1.29, 1.82) is 0 Å². The molecule has 0 saturated carbocycles. The average molecular weight is 211 g/mol. The summed E-state index contributed by atoms with van der Waals surface area (Å²) in [7, 11) is 0. The van der Waals surface area contributed by atoms with Gasteiger partial charge >= 0.3 is 5.97 Å². The summed E-state index contributed by atoms with van der Waals surface area (Å²) in [5.74, 6) is -0.965. The van der Waals surface area contributed by atoms with Gasteiger partial charge in [-0.25, -0.2) is 0 Å². The molecule has 0 amide bonds. The number of aliphatic carboxylic acids is 1. The molecule has 4 heteroatoms. The van der Waals surface area contributed by atoms with Crippen molar-refractivity contribution < 1.29 is 9.90 Å². The molecule has 0 aliphatic rings. The third kappa shape index (κ3) is 8.82. The summed E-state index contributed by atoms with van der Waals surface area (Å²) in [6.45, 7) is 0. The van der Waals surface area contributed by atoms with E-state index in [2.05, 4.69) is 12.6 Å². The topological polar surface area (TPSA) is 37.3 Å². The minimum atomic E-state index is -0.881. The van der Waals surface area contributed by atoms with Crippen molar-refractivity contribution in [1.82, 2.24) is 0 Å². The van der Waals surface area contributed by atoms with Crippen LogP contribution in [-0.4, -0.2) is 40.7 Å². The van der Waals surface area contributed by atoms with Crippen molar-refractivity contribution >= 4 is 42.5 Å². The van der Waals surface area contributed by atoms with E-state index in [1.54, 1.807) is 0 Å². The van der Waals surface area contributed by atoms with Gasteiger partial charge in [-0.15, -0.1) is 0 Å². The van der Waals surface area contributed by atoms with Gasteiger partial charge in [0.05, 0.1) is 5.75 Å². The average Bonchev–Trinajstić information content (AvgIpc) is 1.38. The summed E-state index contributed by atoms with van der Waals surface area (Å²) in [5, 5.41) is 7.65. The van der Waals surface area contributed by atoms with Crippen molar-refractivity contribution in [2.45, 2.75) is 0 Å². The molecule has 0 fully saturated rings. The zero-order valence-electron chi connectivity index (χ0n) is 3.01. The molecular weight excluding hydrogens is 207 g/mol. The molecule has 0 spiro atoms. The van der Waals surface area contributed by atoms with Crippen LogP contribution < -0.4 is 0 Å². The zero-order chi connectivity index (χ0) is 4.28. The first kappa shape index (κ1) is 9.80. The fourth-order valence-electron chi connectivity index (χ4n) is 0. The van der Waals surface area contributed by atoms with Gasteiger partial charge in [-0.1, -0.05) is 0 Å². The van der Waals surface area contributed by atoms with Crippen LogP contribution >= 0.6 is 12.6 Å². The van der Waals surface area contributed by atoms with E-state index in [4.69, 9.17) is 5.11 Å². The van der Waals surface area contributed by atoms with Crippen molar-refractivity contribution in [3.8, 4) is 0 Å². The Morgan fingerprint density at radius 1 is 1.83 bits per heavy atom. The number of carbonyl (C=O) groups is 1. The first-order valence-electron chi connectivity index (χ1n) is 1.10. The maximum absolute atomic E-state index is 9.29. The fraction of sp³-hybridized carbons (Fsp3) is 0.500. The molecule has 0 atom stereocenters. The standard InChI is InChI=1S/C2H4O2S.Sn/c3-2(4)1-5;/h5H,1H2,(H,3,4);. The number of thiol groups is 1. The summed E-state index contributed by atoms with van der Waals surface area (Å²) in [6.07, 6.45) is 0. The molecular formula is C2H4O2SSn. The molecule has 0 aliphatic heterocycles. The SMILES string of the molecule is O=C(O)CS.[Sn]. The quantitative estimate of drug-likeness (QED) is 0.458. The third-order valence-electron chi connectivity index (χ3n) is 0.135. The number of carboxylic acids is 1. The summed E-state index contributed by atoms with van der Waals surface area (Å²) < 4.78 is 0. The Labute approximate surface area is 58.3 Å². The van der Waals surface area contributed by atoms with Gasteiger partial charge in [-0.2, -0.15) is 12.6 Å². The van der Waals surface area contributed by atoms with Crippen LogP contribution in [0.1, 0.15) is 0 Å².